The molecule has 0 spiro atoms. The molecule has 0 aromatic carbocycles. The SMILES string of the molecule is CCC(C)C(C)(CN)N(C)CCc1cccs1. The van der Waals surface area contributed by atoms with E-state index in [4.69, 9.17) is 5.73 Å². The van der Waals surface area contributed by atoms with Gasteiger partial charge in [-0.25, -0.2) is 0 Å². The van der Waals surface area contributed by atoms with Gasteiger partial charge in [0.1, 0.15) is 0 Å². The van der Waals surface area contributed by atoms with Crippen LogP contribution in [0.15, 0.2) is 17.5 Å². The summed E-state index contributed by atoms with van der Waals surface area (Å²) >= 11 is 1.84. The zero-order valence-electron chi connectivity index (χ0n) is 11.6. The van der Waals surface area contributed by atoms with E-state index < -0.39 is 0 Å². The largest absolute Gasteiger partial charge is 0.329 e. The zero-order chi connectivity index (χ0) is 12.9. The van der Waals surface area contributed by atoms with Crippen LogP contribution in [0.1, 0.15) is 32.1 Å². The second-order valence-electron chi connectivity index (χ2n) is 5.12. The van der Waals surface area contributed by atoms with Crippen LogP contribution in [0.4, 0.5) is 0 Å². The first-order valence-corrected chi connectivity index (χ1v) is 7.36. The monoisotopic (exact) mass is 254 g/mol. The van der Waals surface area contributed by atoms with E-state index in [0.717, 1.165) is 19.5 Å². The summed E-state index contributed by atoms with van der Waals surface area (Å²) in [4.78, 5) is 3.89. The Hall–Kier alpha value is -0.380. The van der Waals surface area contributed by atoms with Gasteiger partial charge in [0.2, 0.25) is 0 Å². The lowest BCUT2D eigenvalue weighted by Gasteiger charge is -2.42. The molecule has 1 heterocycles. The molecule has 2 N–H and O–H groups in total. The fraction of sp³-hybridized carbons (Fsp3) is 0.714. The molecular formula is C14H26N2S. The summed E-state index contributed by atoms with van der Waals surface area (Å²) in [6, 6.07) is 4.33. The average molecular weight is 254 g/mol. The zero-order valence-corrected chi connectivity index (χ0v) is 12.4. The van der Waals surface area contributed by atoms with E-state index >= 15 is 0 Å². The molecule has 0 aliphatic carbocycles. The molecule has 0 radical (unpaired) electrons. The van der Waals surface area contributed by atoms with Crippen molar-refractivity contribution in [2.24, 2.45) is 11.7 Å². The fourth-order valence-corrected chi connectivity index (χ4v) is 2.86. The lowest BCUT2D eigenvalue weighted by molar-refractivity contribution is 0.0859. The van der Waals surface area contributed by atoms with Crippen molar-refractivity contribution in [3.63, 3.8) is 0 Å². The van der Waals surface area contributed by atoms with Crippen LogP contribution in [0.3, 0.4) is 0 Å². The highest BCUT2D eigenvalue weighted by molar-refractivity contribution is 7.09. The molecule has 1 aromatic heterocycles. The predicted molar refractivity (Wildman–Crippen MR) is 77.6 cm³/mol. The fourth-order valence-electron chi connectivity index (χ4n) is 2.16. The van der Waals surface area contributed by atoms with E-state index in [1.165, 1.54) is 11.3 Å². The van der Waals surface area contributed by atoms with E-state index in [9.17, 15) is 0 Å². The normalized spacial score (nSPS) is 17.1. The Morgan fingerprint density at radius 3 is 2.71 bits per heavy atom. The van der Waals surface area contributed by atoms with E-state index in [-0.39, 0.29) is 5.54 Å². The van der Waals surface area contributed by atoms with Gasteiger partial charge >= 0.3 is 0 Å². The Kier molecular flexibility index (Phi) is 5.63. The molecule has 17 heavy (non-hydrogen) atoms. The van der Waals surface area contributed by atoms with Crippen molar-refractivity contribution < 1.29 is 0 Å². The van der Waals surface area contributed by atoms with Crippen molar-refractivity contribution in [1.29, 1.82) is 0 Å². The predicted octanol–water partition coefficient (Wildman–Crippen LogP) is 2.99. The van der Waals surface area contributed by atoms with Gasteiger partial charge in [0.25, 0.3) is 0 Å². The van der Waals surface area contributed by atoms with E-state index in [2.05, 4.69) is 50.2 Å². The third kappa shape index (κ3) is 3.54. The lowest BCUT2D eigenvalue weighted by Crippen LogP contribution is -2.54. The summed E-state index contributed by atoms with van der Waals surface area (Å²) in [6.07, 6.45) is 2.30. The minimum atomic E-state index is 0.117. The maximum absolute atomic E-state index is 5.99. The highest BCUT2D eigenvalue weighted by Gasteiger charge is 2.32. The summed E-state index contributed by atoms with van der Waals surface area (Å²) in [7, 11) is 2.20. The van der Waals surface area contributed by atoms with Gasteiger partial charge < -0.3 is 5.73 Å². The van der Waals surface area contributed by atoms with Gasteiger partial charge in [-0.3, -0.25) is 4.90 Å². The molecular weight excluding hydrogens is 228 g/mol. The van der Waals surface area contributed by atoms with Crippen LogP contribution in [0.25, 0.3) is 0 Å². The molecule has 1 aromatic rings. The number of hydrogen-bond acceptors (Lipinski definition) is 3. The summed E-state index contributed by atoms with van der Waals surface area (Å²) < 4.78 is 0. The van der Waals surface area contributed by atoms with Gasteiger partial charge in [-0.2, -0.15) is 0 Å². The van der Waals surface area contributed by atoms with Crippen LogP contribution >= 0.6 is 11.3 Å². The van der Waals surface area contributed by atoms with Crippen molar-refractivity contribution >= 4 is 11.3 Å². The molecule has 2 nitrogen and oxygen atoms in total. The molecule has 0 bridgehead atoms. The van der Waals surface area contributed by atoms with E-state index in [1.54, 1.807) is 0 Å². The van der Waals surface area contributed by atoms with Crippen LogP contribution in [0.2, 0.25) is 0 Å². The molecule has 0 fully saturated rings. The van der Waals surface area contributed by atoms with Crippen molar-refractivity contribution in [2.45, 2.75) is 39.2 Å². The summed E-state index contributed by atoms with van der Waals surface area (Å²) in [6.45, 7) is 8.64. The van der Waals surface area contributed by atoms with Crippen LogP contribution < -0.4 is 5.73 Å². The Balaban J connectivity index is 2.57. The number of rotatable bonds is 7. The Morgan fingerprint density at radius 1 is 1.53 bits per heavy atom. The molecule has 0 amide bonds. The maximum Gasteiger partial charge on any atom is 0.0326 e. The van der Waals surface area contributed by atoms with Gasteiger partial charge in [0, 0.05) is 23.5 Å². The van der Waals surface area contributed by atoms with Crippen molar-refractivity contribution in [3.8, 4) is 0 Å². The van der Waals surface area contributed by atoms with Crippen molar-refractivity contribution in [3.05, 3.63) is 22.4 Å². The number of likely N-dealkylation sites (N-methyl/N-ethyl adjacent to an activating group) is 1. The van der Waals surface area contributed by atoms with Crippen LogP contribution in [0.5, 0.6) is 0 Å². The third-order valence-corrected chi connectivity index (χ3v) is 5.17. The second kappa shape index (κ2) is 6.53. The summed E-state index contributed by atoms with van der Waals surface area (Å²) in [5.41, 5.74) is 6.11. The molecule has 3 heteroatoms. The molecule has 0 aliphatic rings. The van der Waals surface area contributed by atoms with Gasteiger partial charge in [-0.15, -0.1) is 11.3 Å². The molecule has 2 atom stereocenters. The Morgan fingerprint density at radius 2 is 2.24 bits per heavy atom. The number of thiophene rings is 1. The van der Waals surface area contributed by atoms with Crippen LogP contribution in [-0.2, 0) is 6.42 Å². The van der Waals surface area contributed by atoms with Crippen molar-refractivity contribution in [2.75, 3.05) is 20.1 Å². The number of nitrogens with two attached hydrogens (primary N) is 1. The number of hydrogen-bond donors (Lipinski definition) is 1. The molecule has 98 valence electrons. The molecule has 0 aliphatic heterocycles. The molecule has 2 unspecified atom stereocenters. The first-order chi connectivity index (χ1) is 8.04. The quantitative estimate of drug-likeness (QED) is 0.810. The maximum atomic E-state index is 5.99. The highest BCUT2D eigenvalue weighted by Crippen LogP contribution is 2.25. The third-order valence-electron chi connectivity index (χ3n) is 4.23. The van der Waals surface area contributed by atoms with E-state index in [0.29, 0.717) is 5.92 Å². The molecule has 0 saturated heterocycles. The average Bonchev–Trinajstić information content (AvgIpc) is 2.86. The molecule has 0 saturated carbocycles. The van der Waals surface area contributed by atoms with Crippen LogP contribution in [-0.4, -0.2) is 30.6 Å². The number of nitrogens with zero attached hydrogens (tertiary/aromatic N) is 1. The van der Waals surface area contributed by atoms with E-state index in [1.807, 2.05) is 11.3 Å². The standard InChI is InChI=1S/C14H26N2S/c1-5-12(2)14(3,11-15)16(4)9-8-13-7-6-10-17-13/h6-7,10,12H,5,8-9,11,15H2,1-4H3. The topological polar surface area (TPSA) is 29.3 Å². The minimum Gasteiger partial charge on any atom is -0.329 e. The molecule has 1 rings (SSSR count). The van der Waals surface area contributed by atoms with Crippen LogP contribution in [0, 0.1) is 5.92 Å². The van der Waals surface area contributed by atoms with Crippen molar-refractivity contribution in [1.82, 2.24) is 4.90 Å². The summed E-state index contributed by atoms with van der Waals surface area (Å²) in [5, 5.41) is 2.14. The van der Waals surface area contributed by atoms with Gasteiger partial charge in [-0.05, 0) is 37.8 Å². The first kappa shape index (κ1) is 14.7. The van der Waals surface area contributed by atoms with Gasteiger partial charge in [-0.1, -0.05) is 26.3 Å². The minimum absolute atomic E-state index is 0.117. The van der Waals surface area contributed by atoms with Gasteiger partial charge in [0.05, 0.1) is 0 Å². The first-order valence-electron chi connectivity index (χ1n) is 6.48. The summed E-state index contributed by atoms with van der Waals surface area (Å²) in [5.74, 6) is 0.626. The second-order valence-corrected chi connectivity index (χ2v) is 6.15. The van der Waals surface area contributed by atoms with Gasteiger partial charge in [0.15, 0.2) is 0 Å². The smallest absolute Gasteiger partial charge is 0.0326 e. The highest BCUT2D eigenvalue weighted by atomic mass is 32.1. The lowest BCUT2D eigenvalue weighted by atomic mass is 9.83. The Bertz CT molecular complexity index is 310. The Labute approximate surface area is 110 Å².